The van der Waals surface area contributed by atoms with Crippen molar-refractivity contribution in [2.75, 3.05) is 28.1 Å². The van der Waals surface area contributed by atoms with Crippen LogP contribution in [-0.4, -0.2) is 43.7 Å². The van der Waals surface area contributed by atoms with E-state index >= 15 is 0 Å². The van der Waals surface area contributed by atoms with Gasteiger partial charge in [-0.2, -0.15) is 0 Å². The van der Waals surface area contributed by atoms with E-state index in [0.717, 1.165) is 22.6 Å². The summed E-state index contributed by atoms with van der Waals surface area (Å²) in [5.74, 6) is 2.89. The second-order valence-corrected chi connectivity index (χ2v) is 8.34. The Morgan fingerprint density at radius 2 is 1.83 bits per heavy atom. The molecule has 0 bridgehead atoms. The molecule has 35 heavy (non-hydrogen) atoms. The van der Waals surface area contributed by atoms with Crippen molar-refractivity contribution < 1.29 is 28.5 Å². The molecule has 5 rings (SSSR count). The first-order chi connectivity index (χ1) is 17.0. The van der Waals surface area contributed by atoms with Crippen molar-refractivity contribution >= 4 is 11.9 Å². The van der Waals surface area contributed by atoms with E-state index in [2.05, 4.69) is 9.88 Å². The number of ether oxygens (including phenoxy) is 5. The third-order valence-electron chi connectivity index (χ3n) is 6.12. The lowest BCUT2D eigenvalue weighted by molar-refractivity contribution is 0.0861. The Kier molecular flexibility index (Phi) is 6.05. The van der Waals surface area contributed by atoms with Gasteiger partial charge >= 0.3 is 0 Å². The first-order valence-corrected chi connectivity index (χ1v) is 11.2. The van der Waals surface area contributed by atoms with Crippen LogP contribution in [0.5, 0.6) is 28.7 Å². The normalized spacial score (nSPS) is 15.8. The van der Waals surface area contributed by atoms with E-state index in [-0.39, 0.29) is 11.5 Å². The molecule has 0 amide bonds. The number of carbonyl (C=O) groups is 1. The number of pyridine rings is 1. The van der Waals surface area contributed by atoms with Gasteiger partial charge in [-0.25, -0.2) is 0 Å². The van der Waals surface area contributed by atoms with E-state index in [9.17, 15) is 4.79 Å². The summed E-state index contributed by atoms with van der Waals surface area (Å²) in [5, 5.41) is 0. The Labute approximate surface area is 203 Å². The number of ketones is 1. The highest BCUT2D eigenvalue weighted by atomic mass is 16.5. The van der Waals surface area contributed by atoms with Crippen molar-refractivity contribution in [2.24, 2.45) is 0 Å². The molecule has 3 heterocycles. The van der Waals surface area contributed by atoms with Crippen LogP contribution in [0.15, 0.2) is 48.4 Å². The van der Waals surface area contributed by atoms with Gasteiger partial charge in [0.25, 0.3) is 0 Å². The molecule has 0 aliphatic carbocycles. The first kappa shape index (κ1) is 22.7. The zero-order valence-corrected chi connectivity index (χ0v) is 20.1. The minimum atomic E-state index is -0.181. The molecule has 0 spiro atoms. The number of Topliss-reactive ketones (excluding diaryl/α,β-unsaturated/α-hetero) is 1. The van der Waals surface area contributed by atoms with Gasteiger partial charge in [-0.05, 0) is 42.8 Å². The summed E-state index contributed by atoms with van der Waals surface area (Å²) < 4.78 is 28.5. The average Bonchev–Trinajstić information content (AvgIpc) is 3.21. The fourth-order valence-electron chi connectivity index (χ4n) is 4.40. The molecular weight excluding hydrogens is 448 g/mol. The Morgan fingerprint density at radius 3 is 2.54 bits per heavy atom. The van der Waals surface area contributed by atoms with Crippen LogP contribution in [0.1, 0.15) is 32.7 Å². The Bertz CT molecular complexity index is 1320. The molecule has 0 radical (unpaired) electrons. The van der Waals surface area contributed by atoms with Crippen LogP contribution in [0.4, 0.5) is 0 Å². The van der Waals surface area contributed by atoms with Crippen LogP contribution in [0.2, 0.25) is 0 Å². The molecule has 8 nitrogen and oxygen atoms in total. The van der Waals surface area contributed by atoms with Crippen LogP contribution in [0.25, 0.3) is 6.08 Å². The lowest BCUT2D eigenvalue weighted by Crippen LogP contribution is -2.32. The summed E-state index contributed by atoms with van der Waals surface area (Å²) in [4.78, 5) is 19.9. The zero-order valence-electron chi connectivity index (χ0n) is 20.1. The summed E-state index contributed by atoms with van der Waals surface area (Å²) in [6, 6.07) is 11.2. The second-order valence-electron chi connectivity index (χ2n) is 8.34. The molecule has 2 aliphatic heterocycles. The minimum Gasteiger partial charge on any atom is -0.496 e. The van der Waals surface area contributed by atoms with Crippen molar-refractivity contribution in [1.82, 2.24) is 9.88 Å². The smallest absolute Gasteiger partial charge is 0.232 e. The van der Waals surface area contributed by atoms with Gasteiger partial charge in [0.15, 0.2) is 17.3 Å². The molecule has 8 heteroatoms. The third kappa shape index (κ3) is 4.17. The van der Waals surface area contributed by atoms with E-state index in [1.165, 1.54) is 0 Å². The van der Waals surface area contributed by atoms with E-state index in [1.807, 2.05) is 31.2 Å². The SMILES string of the molecule is COc1cc(OC)c(OC)cc1/C=C1\Oc2c3c(cc(C)c2C1=O)OCN(Cc1ccccn1)C3. The summed E-state index contributed by atoms with van der Waals surface area (Å²) >= 11 is 0. The molecular formula is C27H26N2O6. The predicted molar refractivity (Wildman–Crippen MR) is 129 cm³/mol. The minimum absolute atomic E-state index is 0.181. The van der Waals surface area contributed by atoms with Crippen molar-refractivity contribution in [3.63, 3.8) is 0 Å². The van der Waals surface area contributed by atoms with E-state index in [1.54, 1.807) is 45.7 Å². The summed E-state index contributed by atoms with van der Waals surface area (Å²) in [6.45, 7) is 3.53. The summed E-state index contributed by atoms with van der Waals surface area (Å²) in [7, 11) is 4.67. The maximum Gasteiger partial charge on any atom is 0.232 e. The molecule has 0 saturated heterocycles. The molecule has 2 aliphatic rings. The number of nitrogens with zero attached hydrogens (tertiary/aromatic N) is 2. The number of carbonyl (C=O) groups excluding carboxylic acids is 1. The highest BCUT2D eigenvalue weighted by Gasteiger charge is 2.35. The van der Waals surface area contributed by atoms with Crippen LogP contribution >= 0.6 is 0 Å². The van der Waals surface area contributed by atoms with E-state index in [4.69, 9.17) is 23.7 Å². The van der Waals surface area contributed by atoms with Gasteiger partial charge in [-0.3, -0.25) is 14.7 Å². The third-order valence-corrected chi connectivity index (χ3v) is 6.12. The molecule has 0 fully saturated rings. The topological polar surface area (TPSA) is 79.3 Å². The van der Waals surface area contributed by atoms with Crippen molar-refractivity contribution in [3.8, 4) is 28.7 Å². The summed E-state index contributed by atoms with van der Waals surface area (Å²) in [5.41, 5.74) is 3.80. The second kappa shape index (κ2) is 9.31. The number of aryl methyl sites for hydroxylation is 1. The Morgan fingerprint density at radius 1 is 1.06 bits per heavy atom. The number of fused-ring (bicyclic) bond motifs is 3. The quantitative estimate of drug-likeness (QED) is 0.487. The van der Waals surface area contributed by atoms with Crippen LogP contribution in [0.3, 0.4) is 0 Å². The summed E-state index contributed by atoms with van der Waals surface area (Å²) in [6.07, 6.45) is 3.45. The maximum absolute atomic E-state index is 13.4. The Hall–Kier alpha value is -4.04. The fourth-order valence-corrected chi connectivity index (χ4v) is 4.40. The van der Waals surface area contributed by atoms with Crippen molar-refractivity contribution in [1.29, 1.82) is 0 Å². The number of hydrogen-bond donors (Lipinski definition) is 0. The van der Waals surface area contributed by atoms with E-state index < -0.39 is 0 Å². The molecule has 0 unspecified atom stereocenters. The molecule has 3 aromatic rings. The number of benzene rings is 2. The highest BCUT2D eigenvalue weighted by Crippen LogP contribution is 2.45. The standard InChI is InChI=1S/C27H26N2O6/c1-16-9-21-19(14-29(15-34-21)13-18-7-5-6-8-28-18)27-25(16)26(30)24(35-27)11-17-10-22(32-3)23(33-4)12-20(17)31-2/h5-12H,13-15H2,1-4H3/b24-11-. The van der Waals surface area contributed by atoms with Gasteiger partial charge < -0.3 is 23.7 Å². The van der Waals surface area contributed by atoms with Gasteiger partial charge in [0, 0.05) is 30.9 Å². The fraction of sp³-hybridized carbons (Fsp3) is 0.259. The first-order valence-electron chi connectivity index (χ1n) is 11.2. The lowest BCUT2D eigenvalue weighted by atomic mass is 9.98. The van der Waals surface area contributed by atoms with Gasteiger partial charge in [-0.1, -0.05) is 6.07 Å². The zero-order chi connectivity index (χ0) is 24.5. The monoisotopic (exact) mass is 474 g/mol. The molecule has 2 aromatic carbocycles. The van der Waals surface area contributed by atoms with Gasteiger partial charge in [0.2, 0.25) is 5.78 Å². The van der Waals surface area contributed by atoms with Crippen molar-refractivity contribution in [2.45, 2.75) is 20.0 Å². The van der Waals surface area contributed by atoms with Crippen LogP contribution < -0.4 is 23.7 Å². The lowest BCUT2D eigenvalue weighted by Gasteiger charge is -2.29. The maximum atomic E-state index is 13.4. The number of allylic oxidation sites excluding steroid dienone is 1. The molecule has 1 aromatic heterocycles. The molecule has 0 atom stereocenters. The van der Waals surface area contributed by atoms with E-state index in [0.29, 0.717) is 53.9 Å². The molecule has 0 saturated carbocycles. The number of hydrogen-bond acceptors (Lipinski definition) is 8. The molecule has 0 N–H and O–H groups in total. The number of methoxy groups -OCH3 is 3. The predicted octanol–water partition coefficient (Wildman–Crippen LogP) is 4.38. The van der Waals surface area contributed by atoms with Gasteiger partial charge in [0.05, 0.1) is 38.2 Å². The largest absolute Gasteiger partial charge is 0.496 e. The number of aromatic nitrogens is 1. The number of rotatable bonds is 6. The van der Waals surface area contributed by atoms with Gasteiger partial charge in [-0.15, -0.1) is 0 Å². The highest BCUT2D eigenvalue weighted by molar-refractivity contribution is 6.16. The van der Waals surface area contributed by atoms with Gasteiger partial charge in [0.1, 0.15) is 24.0 Å². The average molecular weight is 475 g/mol. The molecule has 180 valence electrons. The van der Waals surface area contributed by atoms with Crippen LogP contribution in [0, 0.1) is 6.92 Å². The van der Waals surface area contributed by atoms with Crippen molar-refractivity contribution in [3.05, 3.63) is 76.3 Å². The van der Waals surface area contributed by atoms with Crippen LogP contribution in [-0.2, 0) is 13.1 Å². The Balaban J connectivity index is 1.50.